The fourth-order valence-corrected chi connectivity index (χ4v) is 2.46. The fourth-order valence-electron chi connectivity index (χ4n) is 1.58. The Morgan fingerprint density at radius 3 is 2.67 bits per heavy atom. The van der Waals surface area contributed by atoms with E-state index in [4.69, 9.17) is 4.42 Å². The van der Waals surface area contributed by atoms with Crippen LogP contribution in [0.1, 0.15) is 10.4 Å². The van der Waals surface area contributed by atoms with Crippen LogP contribution in [0.2, 0.25) is 0 Å². The number of carbonyl (C=O) groups is 1. The number of halogens is 2. The Bertz CT molecular complexity index is 785. The molecule has 0 saturated heterocycles. The van der Waals surface area contributed by atoms with E-state index in [1.165, 1.54) is 24.3 Å². The van der Waals surface area contributed by atoms with Gasteiger partial charge in [-0.2, -0.15) is 9.36 Å². The van der Waals surface area contributed by atoms with E-state index in [1.807, 2.05) is 0 Å². The van der Waals surface area contributed by atoms with E-state index in [9.17, 15) is 9.18 Å². The Hall–Kier alpha value is -2.06. The van der Waals surface area contributed by atoms with Gasteiger partial charge in [-0.25, -0.2) is 4.39 Å². The number of anilines is 1. The first-order valence-electron chi connectivity index (χ1n) is 5.78. The highest BCUT2D eigenvalue weighted by atomic mass is 79.9. The maximum absolute atomic E-state index is 12.8. The van der Waals surface area contributed by atoms with Crippen LogP contribution in [0.4, 0.5) is 9.52 Å². The lowest BCUT2D eigenvalue weighted by molar-refractivity contribution is 0.102. The van der Waals surface area contributed by atoms with Crippen molar-refractivity contribution in [2.75, 3.05) is 5.32 Å². The van der Waals surface area contributed by atoms with Crippen molar-refractivity contribution >= 4 is 38.5 Å². The molecule has 0 aliphatic carbocycles. The van der Waals surface area contributed by atoms with E-state index < -0.39 is 5.82 Å². The first kappa shape index (κ1) is 13.9. The molecule has 0 aliphatic heterocycles. The normalized spacial score (nSPS) is 10.6. The van der Waals surface area contributed by atoms with Gasteiger partial charge in [0.15, 0.2) is 10.4 Å². The minimum absolute atomic E-state index is 0.340. The number of rotatable bonds is 3. The van der Waals surface area contributed by atoms with Crippen LogP contribution in [0, 0.1) is 5.82 Å². The molecule has 1 amide bonds. The van der Waals surface area contributed by atoms with Gasteiger partial charge in [0, 0.05) is 17.1 Å². The average Bonchev–Trinajstić information content (AvgIpc) is 3.08. The molecule has 3 aromatic rings. The van der Waals surface area contributed by atoms with Crippen LogP contribution >= 0.6 is 27.5 Å². The van der Waals surface area contributed by atoms with Crippen LogP contribution in [-0.4, -0.2) is 15.3 Å². The largest absolute Gasteiger partial charge is 0.446 e. The summed E-state index contributed by atoms with van der Waals surface area (Å²) in [5, 5.41) is 2.94. The monoisotopic (exact) mass is 367 g/mol. The number of nitrogens with zero attached hydrogens (tertiary/aromatic N) is 2. The zero-order valence-electron chi connectivity index (χ0n) is 10.3. The lowest BCUT2D eigenvalue weighted by Crippen LogP contribution is -2.11. The van der Waals surface area contributed by atoms with Crippen LogP contribution in [0.25, 0.3) is 11.6 Å². The Morgan fingerprint density at radius 1 is 1.24 bits per heavy atom. The lowest BCUT2D eigenvalue weighted by Gasteiger charge is -2.00. The van der Waals surface area contributed by atoms with Gasteiger partial charge in [0.1, 0.15) is 5.82 Å². The molecule has 2 heterocycles. The molecule has 3 rings (SSSR count). The van der Waals surface area contributed by atoms with Crippen LogP contribution < -0.4 is 5.32 Å². The molecular weight excluding hydrogens is 361 g/mol. The van der Waals surface area contributed by atoms with E-state index in [-0.39, 0.29) is 5.91 Å². The van der Waals surface area contributed by atoms with Crippen molar-refractivity contribution in [3.63, 3.8) is 0 Å². The number of benzene rings is 1. The van der Waals surface area contributed by atoms with E-state index in [0.29, 0.717) is 26.9 Å². The molecule has 21 heavy (non-hydrogen) atoms. The zero-order valence-corrected chi connectivity index (χ0v) is 12.7. The molecule has 0 saturated carbocycles. The summed E-state index contributed by atoms with van der Waals surface area (Å²) in [5.74, 6) is 0.118. The Balaban J connectivity index is 1.75. The number of carbonyl (C=O) groups excluding carboxylic acids is 1. The van der Waals surface area contributed by atoms with Crippen molar-refractivity contribution in [3.8, 4) is 11.6 Å². The van der Waals surface area contributed by atoms with Crippen molar-refractivity contribution in [2.24, 2.45) is 0 Å². The molecule has 0 bridgehead atoms. The molecule has 0 fully saturated rings. The third-order valence-electron chi connectivity index (χ3n) is 2.55. The summed E-state index contributed by atoms with van der Waals surface area (Å²) in [5.41, 5.74) is 0.342. The standard InChI is InChI=1S/C13H7BrFN3O2S/c14-10-6-5-9(20-10)11-16-13(21-18-11)17-12(19)7-1-3-8(15)4-2-7/h1-6H,(H,16,17,18,19). The van der Waals surface area contributed by atoms with Crippen molar-refractivity contribution in [3.05, 3.63) is 52.4 Å². The van der Waals surface area contributed by atoms with Crippen molar-refractivity contribution in [2.45, 2.75) is 0 Å². The number of hydrogen-bond acceptors (Lipinski definition) is 5. The molecule has 0 radical (unpaired) electrons. The van der Waals surface area contributed by atoms with Gasteiger partial charge in [-0.15, -0.1) is 0 Å². The van der Waals surface area contributed by atoms with Crippen LogP contribution in [0.3, 0.4) is 0 Å². The summed E-state index contributed by atoms with van der Waals surface area (Å²) in [4.78, 5) is 16.1. The molecule has 0 spiro atoms. The third kappa shape index (κ3) is 3.17. The zero-order chi connectivity index (χ0) is 14.8. The Kier molecular flexibility index (Phi) is 3.80. The number of furan rings is 1. The fraction of sp³-hybridized carbons (Fsp3) is 0. The lowest BCUT2D eigenvalue weighted by atomic mass is 10.2. The summed E-state index contributed by atoms with van der Waals surface area (Å²) in [6, 6.07) is 8.69. The van der Waals surface area contributed by atoms with E-state index in [1.54, 1.807) is 12.1 Å². The number of amides is 1. The highest BCUT2D eigenvalue weighted by Gasteiger charge is 2.13. The van der Waals surface area contributed by atoms with Gasteiger partial charge >= 0.3 is 0 Å². The molecule has 2 aromatic heterocycles. The van der Waals surface area contributed by atoms with Gasteiger partial charge in [-0.3, -0.25) is 10.1 Å². The number of hydrogen-bond donors (Lipinski definition) is 1. The summed E-state index contributed by atoms with van der Waals surface area (Å²) in [6.07, 6.45) is 0. The van der Waals surface area contributed by atoms with Crippen LogP contribution in [0.5, 0.6) is 0 Å². The smallest absolute Gasteiger partial charge is 0.257 e. The summed E-state index contributed by atoms with van der Waals surface area (Å²) in [7, 11) is 0. The van der Waals surface area contributed by atoms with Gasteiger partial charge in [0.25, 0.3) is 5.91 Å². The second-order valence-corrected chi connectivity index (χ2v) is 5.52. The molecule has 8 heteroatoms. The predicted octanol–water partition coefficient (Wildman–Crippen LogP) is 3.95. The molecular formula is C13H7BrFN3O2S. The van der Waals surface area contributed by atoms with Crippen molar-refractivity contribution in [1.82, 2.24) is 9.36 Å². The Morgan fingerprint density at radius 2 is 2.00 bits per heavy atom. The Labute approximate surface area is 131 Å². The molecule has 0 unspecified atom stereocenters. The van der Waals surface area contributed by atoms with Gasteiger partial charge < -0.3 is 4.42 Å². The average molecular weight is 368 g/mol. The topological polar surface area (TPSA) is 68.0 Å². The molecule has 1 aromatic carbocycles. The first-order chi connectivity index (χ1) is 10.1. The third-order valence-corrected chi connectivity index (χ3v) is 3.60. The van der Waals surface area contributed by atoms with Gasteiger partial charge in [0.2, 0.25) is 11.0 Å². The predicted molar refractivity (Wildman–Crippen MR) is 79.7 cm³/mol. The second kappa shape index (κ2) is 5.74. The van der Waals surface area contributed by atoms with Gasteiger partial charge in [-0.05, 0) is 52.3 Å². The van der Waals surface area contributed by atoms with Crippen molar-refractivity contribution < 1.29 is 13.6 Å². The number of nitrogens with one attached hydrogen (secondary N) is 1. The van der Waals surface area contributed by atoms with Crippen molar-refractivity contribution in [1.29, 1.82) is 0 Å². The summed E-state index contributed by atoms with van der Waals surface area (Å²) in [6.45, 7) is 0. The van der Waals surface area contributed by atoms with E-state index in [0.717, 1.165) is 11.5 Å². The summed E-state index contributed by atoms with van der Waals surface area (Å²) < 4.78 is 22.8. The van der Waals surface area contributed by atoms with E-state index >= 15 is 0 Å². The minimum atomic E-state index is -0.395. The molecule has 1 N–H and O–H groups in total. The summed E-state index contributed by atoms with van der Waals surface area (Å²) >= 11 is 4.23. The molecule has 0 aliphatic rings. The van der Waals surface area contributed by atoms with Crippen LogP contribution in [0.15, 0.2) is 45.5 Å². The SMILES string of the molecule is O=C(Nc1nc(-c2ccc(Br)o2)ns1)c1ccc(F)cc1. The van der Waals surface area contributed by atoms with Crippen LogP contribution in [-0.2, 0) is 0 Å². The second-order valence-electron chi connectivity index (χ2n) is 3.99. The minimum Gasteiger partial charge on any atom is -0.446 e. The highest BCUT2D eigenvalue weighted by Crippen LogP contribution is 2.25. The quantitative estimate of drug-likeness (QED) is 0.760. The maximum Gasteiger partial charge on any atom is 0.257 e. The number of aromatic nitrogens is 2. The molecule has 5 nitrogen and oxygen atoms in total. The highest BCUT2D eigenvalue weighted by molar-refractivity contribution is 9.10. The first-order valence-corrected chi connectivity index (χ1v) is 7.35. The molecule has 106 valence electrons. The molecule has 0 atom stereocenters. The van der Waals surface area contributed by atoms with Gasteiger partial charge in [-0.1, -0.05) is 0 Å². The van der Waals surface area contributed by atoms with E-state index in [2.05, 4.69) is 30.6 Å². The van der Waals surface area contributed by atoms with Gasteiger partial charge in [0.05, 0.1) is 0 Å². The maximum atomic E-state index is 12.8.